The summed E-state index contributed by atoms with van der Waals surface area (Å²) >= 11 is 9.13. The van der Waals surface area contributed by atoms with Crippen LogP contribution in [0.4, 0.5) is 0 Å². The van der Waals surface area contributed by atoms with Gasteiger partial charge in [-0.05, 0) is 52.3 Å². The maximum Gasteiger partial charge on any atom is 0.343 e. The SMILES string of the molecule is O=C(Oc1ccc(Cl)cc1Br)c1cccc(S(=O)(=O)N2CCOCC2)c1. The standard InChI is InChI=1S/C17H15BrClNO5S/c18-15-11-13(19)4-5-16(15)25-17(21)12-2-1-3-14(10-12)26(22,23)20-6-8-24-9-7-20/h1-5,10-11H,6-9H2. The van der Waals surface area contributed by atoms with Gasteiger partial charge in [-0.1, -0.05) is 17.7 Å². The molecule has 0 N–H and O–H groups in total. The number of morpholine rings is 1. The zero-order valence-electron chi connectivity index (χ0n) is 13.5. The van der Waals surface area contributed by atoms with E-state index in [4.69, 9.17) is 21.1 Å². The van der Waals surface area contributed by atoms with E-state index in [0.29, 0.717) is 28.5 Å². The van der Waals surface area contributed by atoms with Crippen molar-refractivity contribution in [2.75, 3.05) is 26.3 Å². The minimum absolute atomic E-state index is 0.0454. The van der Waals surface area contributed by atoms with Gasteiger partial charge in [-0.3, -0.25) is 0 Å². The Bertz CT molecular complexity index is 929. The molecule has 0 spiro atoms. The molecular weight excluding hydrogens is 446 g/mol. The van der Waals surface area contributed by atoms with Crippen LogP contribution in [0.3, 0.4) is 0 Å². The van der Waals surface area contributed by atoms with E-state index in [1.54, 1.807) is 18.2 Å². The molecule has 1 heterocycles. The molecule has 0 saturated carbocycles. The highest BCUT2D eigenvalue weighted by atomic mass is 79.9. The molecule has 26 heavy (non-hydrogen) atoms. The van der Waals surface area contributed by atoms with E-state index >= 15 is 0 Å². The van der Waals surface area contributed by atoms with Gasteiger partial charge < -0.3 is 9.47 Å². The smallest absolute Gasteiger partial charge is 0.343 e. The monoisotopic (exact) mass is 459 g/mol. The highest BCUT2D eigenvalue weighted by Crippen LogP contribution is 2.29. The molecule has 1 saturated heterocycles. The van der Waals surface area contributed by atoms with Crippen LogP contribution in [0.5, 0.6) is 5.75 Å². The second-order valence-electron chi connectivity index (χ2n) is 5.51. The largest absolute Gasteiger partial charge is 0.422 e. The number of nitrogens with zero attached hydrogens (tertiary/aromatic N) is 1. The fourth-order valence-electron chi connectivity index (χ4n) is 2.44. The maximum atomic E-state index is 12.7. The average Bonchev–Trinajstić information content (AvgIpc) is 2.65. The lowest BCUT2D eigenvalue weighted by atomic mass is 10.2. The molecule has 1 aliphatic heterocycles. The Morgan fingerprint density at radius 2 is 1.88 bits per heavy atom. The molecule has 6 nitrogen and oxygen atoms in total. The second kappa shape index (κ2) is 8.06. The van der Waals surface area contributed by atoms with Crippen LogP contribution < -0.4 is 4.74 Å². The van der Waals surface area contributed by atoms with Crippen molar-refractivity contribution < 1.29 is 22.7 Å². The van der Waals surface area contributed by atoms with Crippen molar-refractivity contribution >= 4 is 43.5 Å². The minimum atomic E-state index is -3.69. The Morgan fingerprint density at radius 1 is 1.15 bits per heavy atom. The van der Waals surface area contributed by atoms with E-state index in [0.717, 1.165) is 0 Å². The van der Waals surface area contributed by atoms with Crippen LogP contribution in [0.15, 0.2) is 51.8 Å². The van der Waals surface area contributed by atoms with Gasteiger partial charge in [0.2, 0.25) is 10.0 Å². The van der Waals surface area contributed by atoms with E-state index in [1.165, 1.54) is 28.6 Å². The van der Waals surface area contributed by atoms with E-state index in [2.05, 4.69) is 15.9 Å². The van der Waals surface area contributed by atoms with Crippen LogP contribution in [-0.4, -0.2) is 45.0 Å². The normalized spacial score (nSPS) is 15.6. The van der Waals surface area contributed by atoms with Crippen LogP contribution in [-0.2, 0) is 14.8 Å². The Labute approximate surface area is 164 Å². The lowest BCUT2D eigenvalue weighted by Crippen LogP contribution is -2.40. The summed E-state index contributed by atoms with van der Waals surface area (Å²) in [6, 6.07) is 10.5. The molecular formula is C17H15BrClNO5S. The Hall–Kier alpha value is -1.45. The Kier molecular flexibility index (Phi) is 5.99. The third-order valence-electron chi connectivity index (χ3n) is 3.77. The second-order valence-corrected chi connectivity index (χ2v) is 8.74. The van der Waals surface area contributed by atoms with Gasteiger partial charge in [-0.2, -0.15) is 4.31 Å². The first-order valence-electron chi connectivity index (χ1n) is 7.73. The fourth-order valence-corrected chi connectivity index (χ4v) is 4.65. The fraction of sp³-hybridized carbons (Fsp3) is 0.235. The van der Waals surface area contributed by atoms with Crippen molar-refractivity contribution in [3.05, 3.63) is 57.5 Å². The minimum Gasteiger partial charge on any atom is -0.422 e. The summed E-state index contributed by atoms with van der Waals surface area (Å²) in [5.74, 6) is -0.368. The van der Waals surface area contributed by atoms with Gasteiger partial charge in [0.25, 0.3) is 0 Å². The molecule has 0 amide bonds. The number of carbonyl (C=O) groups is 1. The number of sulfonamides is 1. The van der Waals surface area contributed by atoms with Crippen molar-refractivity contribution in [2.24, 2.45) is 0 Å². The molecule has 2 aromatic carbocycles. The van der Waals surface area contributed by atoms with Gasteiger partial charge in [-0.15, -0.1) is 0 Å². The number of ether oxygens (including phenoxy) is 2. The maximum absolute atomic E-state index is 12.7. The number of halogens is 2. The third-order valence-corrected chi connectivity index (χ3v) is 6.52. The predicted octanol–water partition coefficient (Wildman–Crippen LogP) is 3.34. The lowest BCUT2D eigenvalue weighted by molar-refractivity contribution is 0.0726. The molecule has 3 rings (SSSR count). The van der Waals surface area contributed by atoms with E-state index in [-0.39, 0.29) is 23.5 Å². The number of rotatable bonds is 4. The summed E-state index contributed by atoms with van der Waals surface area (Å²) in [5.41, 5.74) is 0.140. The molecule has 1 fully saturated rings. The highest BCUT2D eigenvalue weighted by molar-refractivity contribution is 9.10. The zero-order valence-corrected chi connectivity index (χ0v) is 16.7. The zero-order chi connectivity index (χ0) is 18.7. The molecule has 0 bridgehead atoms. The quantitative estimate of drug-likeness (QED) is 0.517. The first-order valence-corrected chi connectivity index (χ1v) is 10.3. The molecule has 0 aromatic heterocycles. The summed E-state index contributed by atoms with van der Waals surface area (Å²) in [4.78, 5) is 12.4. The molecule has 1 aliphatic rings. The van der Waals surface area contributed by atoms with E-state index < -0.39 is 16.0 Å². The number of esters is 1. The van der Waals surface area contributed by atoms with Crippen LogP contribution in [0.2, 0.25) is 5.02 Å². The van der Waals surface area contributed by atoms with Crippen LogP contribution in [0.25, 0.3) is 0 Å². The van der Waals surface area contributed by atoms with Crippen molar-refractivity contribution in [3.8, 4) is 5.75 Å². The van der Waals surface area contributed by atoms with Crippen molar-refractivity contribution in [2.45, 2.75) is 4.90 Å². The first kappa shape index (κ1) is 19.3. The number of hydrogen-bond donors (Lipinski definition) is 0. The summed E-state index contributed by atoms with van der Waals surface area (Å²) in [7, 11) is -3.69. The summed E-state index contributed by atoms with van der Waals surface area (Å²) < 4.78 is 37.8. The van der Waals surface area contributed by atoms with Crippen LogP contribution in [0, 0.1) is 0 Å². The van der Waals surface area contributed by atoms with Crippen molar-refractivity contribution in [1.29, 1.82) is 0 Å². The predicted molar refractivity (Wildman–Crippen MR) is 100 cm³/mol. The summed E-state index contributed by atoms with van der Waals surface area (Å²) in [6.07, 6.45) is 0. The topological polar surface area (TPSA) is 72.9 Å². The first-order chi connectivity index (χ1) is 12.4. The summed E-state index contributed by atoms with van der Waals surface area (Å²) in [6.45, 7) is 1.28. The molecule has 138 valence electrons. The van der Waals surface area contributed by atoms with Gasteiger partial charge in [0, 0.05) is 18.1 Å². The molecule has 0 radical (unpaired) electrons. The Morgan fingerprint density at radius 3 is 2.58 bits per heavy atom. The molecule has 0 aliphatic carbocycles. The van der Waals surface area contributed by atoms with Gasteiger partial charge in [-0.25, -0.2) is 13.2 Å². The summed E-state index contributed by atoms with van der Waals surface area (Å²) in [5, 5.41) is 0.496. The van der Waals surface area contributed by atoms with Crippen LogP contribution in [0.1, 0.15) is 10.4 Å². The number of hydrogen-bond acceptors (Lipinski definition) is 5. The number of benzene rings is 2. The number of carbonyl (C=O) groups excluding carboxylic acids is 1. The average molecular weight is 461 g/mol. The lowest BCUT2D eigenvalue weighted by Gasteiger charge is -2.26. The van der Waals surface area contributed by atoms with Gasteiger partial charge in [0.15, 0.2) is 0 Å². The van der Waals surface area contributed by atoms with Gasteiger partial charge in [0.1, 0.15) is 5.75 Å². The Balaban J connectivity index is 1.83. The molecule has 9 heteroatoms. The van der Waals surface area contributed by atoms with Crippen molar-refractivity contribution in [1.82, 2.24) is 4.31 Å². The van der Waals surface area contributed by atoms with E-state index in [1.807, 2.05) is 0 Å². The molecule has 0 atom stereocenters. The molecule has 2 aromatic rings. The molecule has 0 unspecified atom stereocenters. The van der Waals surface area contributed by atoms with Crippen LogP contribution >= 0.6 is 27.5 Å². The highest BCUT2D eigenvalue weighted by Gasteiger charge is 2.27. The van der Waals surface area contributed by atoms with E-state index in [9.17, 15) is 13.2 Å². The van der Waals surface area contributed by atoms with Gasteiger partial charge in [0.05, 0.1) is 28.1 Å². The van der Waals surface area contributed by atoms with Crippen molar-refractivity contribution in [3.63, 3.8) is 0 Å². The van der Waals surface area contributed by atoms with Gasteiger partial charge >= 0.3 is 5.97 Å². The third kappa shape index (κ3) is 4.27.